The van der Waals surface area contributed by atoms with Crippen LogP contribution in [0, 0.1) is 5.92 Å². The zero-order valence-corrected chi connectivity index (χ0v) is 15.2. The van der Waals surface area contributed by atoms with Crippen LogP contribution in [0.2, 0.25) is 0 Å². The molecule has 1 aromatic carbocycles. The van der Waals surface area contributed by atoms with Crippen LogP contribution in [0.1, 0.15) is 18.4 Å². The van der Waals surface area contributed by atoms with Crippen LogP contribution in [0.25, 0.3) is 0 Å². The second-order valence-electron chi connectivity index (χ2n) is 6.08. The van der Waals surface area contributed by atoms with Crippen LogP contribution < -0.4 is 25.5 Å². The van der Waals surface area contributed by atoms with E-state index in [1.54, 1.807) is 32.6 Å². The van der Waals surface area contributed by atoms with Crippen molar-refractivity contribution in [2.75, 3.05) is 37.9 Å². The van der Waals surface area contributed by atoms with Crippen molar-refractivity contribution in [3.8, 4) is 11.5 Å². The zero-order valence-electron chi connectivity index (χ0n) is 15.2. The number of benzene rings is 1. The highest BCUT2D eigenvalue weighted by molar-refractivity contribution is 5.84. The van der Waals surface area contributed by atoms with Gasteiger partial charge in [0.1, 0.15) is 0 Å². The molecule has 1 aliphatic rings. The number of piperidine rings is 1. The normalized spacial score (nSPS) is 15.1. The molecule has 1 saturated heterocycles. The summed E-state index contributed by atoms with van der Waals surface area (Å²) in [6, 6.07) is 5.39. The predicted molar refractivity (Wildman–Crippen MR) is 98.9 cm³/mol. The summed E-state index contributed by atoms with van der Waals surface area (Å²) in [7, 11) is 3.14. The molecule has 0 atom stereocenters. The van der Waals surface area contributed by atoms with Crippen LogP contribution in [0.3, 0.4) is 0 Å². The number of amides is 1. The lowest BCUT2D eigenvalue weighted by atomic mass is 9.96. The fraction of sp³-hybridized carbons (Fsp3) is 0.412. The number of aromatic nitrogens is 2. The quantitative estimate of drug-likeness (QED) is 0.567. The number of ether oxygens (including phenoxy) is 2. The number of hydrazone groups is 1. The summed E-state index contributed by atoms with van der Waals surface area (Å²) in [5.41, 5.74) is 9.09. The van der Waals surface area contributed by atoms with Crippen molar-refractivity contribution in [3.63, 3.8) is 0 Å². The van der Waals surface area contributed by atoms with Gasteiger partial charge < -0.3 is 20.1 Å². The minimum atomic E-state index is -0.120. The lowest BCUT2D eigenvalue weighted by Crippen LogP contribution is -2.39. The van der Waals surface area contributed by atoms with E-state index in [2.05, 4.69) is 25.5 Å². The first kappa shape index (κ1) is 18.5. The lowest BCUT2D eigenvalue weighted by Gasteiger charge is -2.30. The van der Waals surface area contributed by atoms with Crippen molar-refractivity contribution >= 4 is 23.8 Å². The number of methoxy groups -OCH3 is 2. The predicted octanol–water partition coefficient (Wildman–Crippen LogP) is 1.04. The molecule has 10 nitrogen and oxygen atoms in total. The van der Waals surface area contributed by atoms with Gasteiger partial charge in [-0.05, 0) is 46.9 Å². The number of carbonyl (C=O) groups is 1. The number of nitrogen functional groups attached to an aromatic ring is 1. The maximum atomic E-state index is 12.3. The largest absolute Gasteiger partial charge is 0.493 e. The van der Waals surface area contributed by atoms with Gasteiger partial charge in [-0.25, -0.2) is 10.1 Å². The Labute approximate surface area is 156 Å². The lowest BCUT2D eigenvalue weighted by molar-refractivity contribution is -0.125. The van der Waals surface area contributed by atoms with Crippen molar-refractivity contribution in [2.45, 2.75) is 12.8 Å². The highest BCUT2D eigenvalue weighted by atomic mass is 16.6. The van der Waals surface area contributed by atoms with E-state index in [1.165, 1.54) is 0 Å². The molecular formula is C17H22N6O4. The third-order valence-corrected chi connectivity index (χ3v) is 4.46. The molecule has 2 aromatic rings. The summed E-state index contributed by atoms with van der Waals surface area (Å²) < 4.78 is 15.1. The first-order chi connectivity index (χ1) is 13.1. The summed E-state index contributed by atoms with van der Waals surface area (Å²) >= 11 is 0. The number of nitrogens with zero attached hydrogens (tertiary/aromatic N) is 4. The Morgan fingerprint density at radius 3 is 2.67 bits per heavy atom. The van der Waals surface area contributed by atoms with E-state index in [-0.39, 0.29) is 17.6 Å². The first-order valence-corrected chi connectivity index (χ1v) is 8.50. The molecule has 0 aliphatic carbocycles. The first-order valence-electron chi connectivity index (χ1n) is 8.50. The molecule has 1 aliphatic heterocycles. The average molecular weight is 374 g/mol. The van der Waals surface area contributed by atoms with Crippen LogP contribution in [0.4, 0.5) is 11.6 Å². The maximum absolute atomic E-state index is 12.3. The average Bonchev–Trinajstić information content (AvgIpc) is 3.13. The minimum absolute atomic E-state index is 0.113. The molecule has 0 radical (unpaired) electrons. The zero-order chi connectivity index (χ0) is 19.2. The maximum Gasteiger partial charge on any atom is 0.243 e. The molecule has 0 saturated carbocycles. The second-order valence-corrected chi connectivity index (χ2v) is 6.08. The molecule has 1 aromatic heterocycles. The summed E-state index contributed by atoms with van der Waals surface area (Å²) in [4.78, 5) is 14.3. The molecule has 1 fully saturated rings. The molecule has 0 bridgehead atoms. The van der Waals surface area contributed by atoms with Crippen molar-refractivity contribution in [3.05, 3.63) is 23.8 Å². The molecule has 0 spiro atoms. The van der Waals surface area contributed by atoms with Gasteiger partial charge in [0.25, 0.3) is 0 Å². The summed E-state index contributed by atoms with van der Waals surface area (Å²) in [6.45, 7) is 1.30. The van der Waals surface area contributed by atoms with Crippen molar-refractivity contribution in [1.82, 2.24) is 15.7 Å². The Hall–Kier alpha value is -3.30. The SMILES string of the molecule is COc1ccc(C=NNC(=O)C2CCN(c3nonc3N)CC2)cc1OC. The van der Waals surface area contributed by atoms with Crippen LogP contribution in [0.15, 0.2) is 27.9 Å². The topological polar surface area (TPSA) is 128 Å². The van der Waals surface area contributed by atoms with Gasteiger partial charge in [-0.15, -0.1) is 0 Å². The highest BCUT2D eigenvalue weighted by Gasteiger charge is 2.27. The number of hydrogen-bond donors (Lipinski definition) is 2. The third-order valence-electron chi connectivity index (χ3n) is 4.46. The number of hydrogen-bond acceptors (Lipinski definition) is 9. The molecular weight excluding hydrogens is 352 g/mol. The monoisotopic (exact) mass is 374 g/mol. The smallest absolute Gasteiger partial charge is 0.243 e. The number of rotatable bonds is 6. The van der Waals surface area contributed by atoms with E-state index in [1.807, 2.05) is 11.0 Å². The molecule has 3 rings (SSSR count). The molecule has 2 heterocycles. The van der Waals surface area contributed by atoms with Crippen molar-refractivity contribution in [2.24, 2.45) is 11.0 Å². The van der Waals surface area contributed by atoms with Gasteiger partial charge in [-0.3, -0.25) is 4.79 Å². The van der Waals surface area contributed by atoms with Crippen LogP contribution >= 0.6 is 0 Å². The van der Waals surface area contributed by atoms with Gasteiger partial charge in [0, 0.05) is 19.0 Å². The van der Waals surface area contributed by atoms with Crippen LogP contribution in [0.5, 0.6) is 11.5 Å². The Bertz CT molecular complexity index is 814. The number of nitrogens with two attached hydrogens (primary N) is 1. The second kappa shape index (κ2) is 8.39. The van der Waals surface area contributed by atoms with Crippen molar-refractivity contribution < 1.29 is 18.9 Å². The molecule has 144 valence electrons. The van der Waals surface area contributed by atoms with Gasteiger partial charge in [-0.2, -0.15) is 5.10 Å². The molecule has 1 amide bonds. The van der Waals surface area contributed by atoms with Crippen LogP contribution in [-0.4, -0.2) is 49.7 Å². The minimum Gasteiger partial charge on any atom is -0.493 e. The summed E-state index contributed by atoms with van der Waals surface area (Å²) in [5, 5.41) is 11.4. The van der Waals surface area contributed by atoms with E-state index in [0.29, 0.717) is 43.2 Å². The summed E-state index contributed by atoms with van der Waals surface area (Å²) in [5.74, 6) is 1.79. The summed E-state index contributed by atoms with van der Waals surface area (Å²) in [6.07, 6.45) is 2.91. The number of carbonyl (C=O) groups excluding carboxylic acids is 1. The highest BCUT2D eigenvalue weighted by Crippen LogP contribution is 2.27. The Balaban J connectivity index is 1.51. The number of nitrogens with one attached hydrogen (secondary N) is 1. The van der Waals surface area contributed by atoms with Gasteiger partial charge in [0.15, 0.2) is 11.5 Å². The Morgan fingerprint density at radius 1 is 1.30 bits per heavy atom. The van der Waals surface area contributed by atoms with E-state index in [4.69, 9.17) is 15.2 Å². The standard InChI is InChI=1S/C17H22N6O4/c1-25-13-4-3-11(9-14(13)26-2)10-19-20-17(24)12-5-7-23(8-6-12)16-15(18)21-27-22-16/h3-4,9-10,12H,5-8H2,1-2H3,(H2,18,21)(H,20,24). The van der Waals surface area contributed by atoms with E-state index < -0.39 is 0 Å². The Morgan fingerprint density at radius 2 is 2.04 bits per heavy atom. The van der Waals surface area contributed by atoms with E-state index in [9.17, 15) is 4.79 Å². The van der Waals surface area contributed by atoms with Crippen LogP contribution in [-0.2, 0) is 4.79 Å². The van der Waals surface area contributed by atoms with Crippen molar-refractivity contribution in [1.29, 1.82) is 0 Å². The van der Waals surface area contributed by atoms with E-state index >= 15 is 0 Å². The molecule has 10 heteroatoms. The van der Waals surface area contributed by atoms with Gasteiger partial charge >= 0.3 is 0 Å². The fourth-order valence-electron chi connectivity index (χ4n) is 2.96. The van der Waals surface area contributed by atoms with E-state index in [0.717, 1.165) is 5.56 Å². The van der Waals surface area contributed by atoms with Gasteiger partial charge in [0.05, 0.1) is 20.4 Å². The molecule has 3 N–H and O–H groups in total. The third kappa shape index (κ3) is 4.27. The van der Waals surface area contributed by atoms with Gasteiger partial charge in [0.2, 0.25) is 17.5 Å². The van der Waals surface area contributed by atoms with Gasteiger partial charge in [-0.1, -0.05) is 0 Å². The number of anilines is 2. The molecule has 0 unspecified atom stereocenters. The fourth-order valence-corrected chi connectivity index (χ4v) is 2.96. The molecule has 27 heavy (non-hydrogen) atoms. The Kier molecular flexibility index (Phi) is 5.74.